The predicted molar refractivity (Wildman–Crippen MR) is 85.8 cm³/mol. The molecule has 1 saturated heterocycles. The normalized spacial score (nSPS) is 20.0. The van der Waals surface area contributed by atoms with Crippen molar-refractivity contribution in [1.82, 2.24) is 5.32 Å². The highest BCUT2D eigenvalue weighted by Crippen LogP contribution is 2.22. The molecule has 0 aromatic heterocycles. The monoisotopic (exact) mass is 336 g/mol. The zero-order valence-corrected chi connectivity index (χ0v) is 13.8. The van der Waals surface area contributed by atoms with Crippen molar-refractivity contribution in [2.75, 3.05) is 39.2 Å². The van der Waals surface area contributed by atoms with Crippen LogP contribution < -0.4 is 20.3 Å². The van der Waals surface area contributed by atoms with Gasteiger partial charge in [-0.3, -0.25) is 14.4 Å². The Hall–Kier alpha value is -2.61. The van der Waals surface area contributed by atoms with Gasteiger partial charge in [-0.2, -0.15) is 0 Å². The van der Waals surface area contributed by atoms with E-state index in [-0.39, 0.29) is 24.8 Å². The Labute approximate surface area is 140 Å². The number of nitrogens with one attached hydrogen (secondary N) is 3. The van der Waals surface area contributed by atoms with Gasteiger partial charge in [0.15, 0.2) is 12.6 Å². The summed E-state index contributed by atoms with van der Waals surface area (Å²) >= 11 is 0. The SMILES string of the molecule is COC(=O)C[C@@H]1C(=O)NCC[NH+]1CC(=O)Nc1ccccc1OC. The standard InChI is InChI=1S/C16H21N3O5/c1-23-13-6-4-3-5-11(13)18-14(20)10-19-8-7-17-16(22)12(19)9-15(21)24-2/h3-6,12H,7-10H2,1-2H3,(H,17,22)(H,18,20)/p+1/t12-/m1/s1. The first-order valence-electron chi connectivity index (χ1n) is 7.67. The molecule has 0 bridgehead atoms. The molecule has 0 saturated carbocycles. The lowest BCUT2D eigenvalue weighted by molar-refractivity contribution is -0.909. The van der Waals surface area contributed by atoms with E-state index in [0.29, 0.717) is 24.5 Å². The third-order valence-electron chi connectivity index (χ3n) is 3.92. The Kier molecular flexibility index (Phi) is 6.14. The molecule has 2 rings (SSSR count). The van der Waals surface area contributed by atoms with Crippen LogP contribution in [0, 0.1) is 0 Å². The summed E-state index contributed by atoms with van der Waals surface area (Å²) in [5.74, 6) is -0.408. The average Bonchev–Trinajstić information content (AvgIpc) is 2.58. The van der Waals surface area contributed by atoms with E-state index in [9.17, 15) is 14.4 Å². The number of ether oxygens (including phenoxy) is 2. The van der Waals surface area contributed by atoms with Crippen LogP contribution in [0.3, 0.4) is 0 Å². The molecule has 1 unspecified atom stereocenters. The minimum absolute atomic E-state index is 0.0559. The molecule has 1 heterocycles. The van der Waals surface area contributed by atoms with Crippen molar-refractivity contribution in [3.05, 3.63) is 24.3 Å². The van der Waals surface area contributed by atoms with E-state index < -0.39 is 12.0 Å². The summed E-state index contributed by atoms with van der Waals surface area (Å²) in [6.07, 6.45) is -0.0559. The molecule has 0 spiro atoms. The second-order valence-corrected chi connectivity index (χ2v) is 5.46. The first-order chi connectivity index (χ1) is 11.5. The van der Waals surface area contributed by atoms with Crippen LogP contribution in [0.25, 0.3) is 0 Å². The first kappa shape index (κ1) is 17.7. The maximum atomic E-state index is 12.3. The molecule has 1 aromatic rings. The number of para-hydroxylation sites is 2. The number of rotatable bonds is 6. The lowest BCUT2D eigenvalue weighted by Gasteiger charge is -2.30. The zero-order chi connectivity index (χ0) is 17.5. The number of benzene rings is 1. The summed E-state index contributed by atoms with van der Waals surface area (Å²) in [6, 6.07) is 6.45. The van der Waals surface area contributed by atoms with Gasteiger partial charge >= 0.3 is 5.97 Å². The number of esters is 1. The van der Waals surface area contributed by atoms with Gasteiger partial charge in [-0.15, -0.1) is 0 Å². The highest BCUT2D eigenvalue weighted by Gasteiger charge is 2.36. The van der Waals surface area contributed by atoms with Crippen molar-refractivity contribution in [3.8, 4) is 5.75 Å². The Morgan fingerprint density at radius 3 is 2.79 bits per heavy atom. The van der Waals surface area contributed by atoms with E-state index in [1.54, 1.807) is 24.3 Å². The van der Waals surface area contributed by atoms with E-state index in [0.717, 1.165) is 4.90 Å². The lowest BCUT2D eigenvalue weighted by atomic mass is 10.1. The molecule has 3 N–H and O–H groups in total. The van der Waals surface area contributed by atoms with Gasteiger partial charge in [0, 0.05) is 0 Å². The minimum atomic E-state index is -0.630. The topological polar surface area (TPSA) is 98.2 Å². The van der Waals surface area contributed by atoms with Gasteiger partial charge in [-0.1, -0.05) is 12.1 Å². The maximum Gasteiger partial charge on any atom is 0.312 e. The number of hydrogen-bond acceptors (Lipinski definition) is 5. The van der Waals surface area contributed by atoms with Crippen LogP contribution in [-0.2, 0) is 19.1 Å². The number of hydrogen-bond donors (Lipinski definition) is 3. The van der Waals surface area contributed by atoms with Crippen LogP contribution in [-0.4, -0.2) is 57.7 Å². The Balaban J connectivity index is 2.02. The molecule has 1 fully saturated rings. The molecule has 1 aromatic carbocycles. The van der Waals surface area contributed by atoms with Gasteiger partial charge in [0.25, 0.3) is 11.8 Å². The first-order valence-corrected chi connectivity index (χ1v) is 7.67. The fourth-order valence-electron chi connectivity index (χ4n) is 2.68. The Bertz CT molecular complexity index is 619. The largest absolute Gasteiger partial charge is 0.495 e. The summed E-state index contributed by atoms with van der Waals surface area (Å²) in [6.45, 7) is 1.10. The average molecular weight is 336 g/mol. The molecular formula is C16H22N3O5+. The number of amides is 2. The fourth-order valence-corrected chi connectivity index (χ4v) is 2.68. The minimum Gasteiger partial charge on any atom is -0.495 e. The van der Waals surface area contributed by atoms with Crippen molar-refractivity contribution in [1.29, 1.82) is 0 Å². The molecule has 0 radical (unpaired) electrons. The van der Waals surface area contributed by atoms with Gasteiger partial charge in [0.05, 0.1) is 33.0 Å². The summed E-state index contributed by atoms with van der Waals surface area (Å²) in [5, 5.41) is 5.49. The number of quaternary nitrogens is 1. The van der Waals surface area contributed by atoms with E-state index in [1.807, 2.05) is 0 Å². The molecule has 130 valence electrons. The molecule has 1 aliphatic heterocycles. The third-order valence-corrected chi connectivity index (χ3v) is 3.92. The van der Waals surface area contributed by atoms with Gasteiger partial charge in [-0.25, -0.2) is 0 Å². The molecule has 0 aliphatic carbocycles. The lowest BCUT2D eigenvalue weighted by Crippen LogP contribution is -3.20. The number of carbonyl (C=O) groups is 3. The van der Waals surface area contributed by atoms with Crippen LogP contribution >= 0.6 is 0 Å². The van der Waals surface area contributed by atoms with Crippen LogP contribution in [0.5, 0.6) is 5.75 Å². The third kappa shape index (κ3) is 4.45. The van der Waals surface area contributed by atoms with E-state index in [1.165, 1.54) is 14.2 Å². The smallest absolute Gasteiger partial charge is 0.312 e. The molecule has 1 aliphatic rings. The van der Waals surface area contributed by atoms with Crippen molar-refractivity contribution in [3.63, 3.8) is 0 Å². The fraction of sp³-hybridized carbons (Fsp3) is 0.438. The van der Waals surface area contributed by atoms with E-state index >= 15 is 0 Å². The molecule has 8 nitrogen and oxygen atoms in total. The highest BCUT2D eigenvalue weighted by atomic mass is 16.5. The molecule has 2 amide bonds. The Morgan fingerprint density at radius 1 is 1.33 bits per heavy atom. The second kappa shape index (κ2) is 8.30. The van der Waals surface area contributed by atoms with Crippen molar-refractivity contribution in [2.45, 2.75) is 12.5 Å². The number of carbonyl (C=O) groups excluding carboxylic acids is 3. The number of methoxy groups -OCH3 is 2. The number of piperazine rings is 1. The molecular weight excluding hydrogens is 314 g/mol. The second-order valence-electron chi connectivity index (χ2n) is 5.46. The summed E-state index contributed by atoms with van der Waals surface area (Å²) in [5.41, 5.74) is 0.565. The summed E-state index contributed by atoms with van der Waals surface area (Å²) in [4.78, 5) is 36.6. The Morgan fingerprint density at radius 2 is 2.08 bits per heavy atom. The quantitative estimate of drug-likeness (QED) is 0.554. The van der Waals surface area contributed by atoms with Crippen LogP contribution in [0.15, 0.2) is 24.3 Å². The highest BCUT2D eigenvalue weighted by molar-refractivity contribution is 5.93. The van der Waals surface area contributed by atoms with E-state index in [2.05, 4.69) is 15.4 Å². The molecule has 2 atom stereocenters. The maximum absolute atomic E-state index is 12.3. The van der Waals surface area contributed by atoms with Gasteiger partial charge in [0.2, 0.25) is 0 Å². The van der Waals surface area contributed by atoms with Crippen molar-refractivity contribution in [2.24, 2.45) is 0 Å². The van der Waals surface area contributed by atoms with Crippen molar-refractivity contribution >= 4 is 23.5 Å². The van der Waals surface area contributed by atoms with E-state index in [4.69, 9.17) is 4.74 Å². The predicted octanol–water partition coefficient (Wildman–Crippen LogP) is -1.42. The van der Waals surface area contributed by atoms with Gasteiger partial charge < -0.3 is 25.0 Å². The molecule has 8 heteroatoms. The summed E-state index contributed by atoms with van der Waals surface area (Å²) < 4.78 is 9.83. The summed E-state index contributed by atoms with van der Waals surface area (Å²) in [7, 11) is 2.80. The van der Waals surface area contributed by atoms with Crippen LogP contribution in [0.2, 0.25) is 0 Å². The van der Waals surface area contributed by atoms with Gasteiger partial charge in [-0.05, 0) is 12.1 Å². The van der Waals surface area contributed by atoms with Crippen LogP contribution in [0.1, 0.15) is 6.42 Å². The van der Waals surface area contributed by atoms with Crippen molar-refractivity contribution < 1.29 is 28.8 Å². The molecule has 24 heavy (non-hydrogen) atoms. The van der Waals surface area contributed by atoms with Gasteiger partial charge in [0.1, 0.15) is 12.2 Å². The number of anilines is 1. The van der Waals surface area contributed by atoms with Crippen LogP contribution in [0.4, 0.5) is 5.69 Å². The zero-order valence-electron chi connectivity index (χ0n) is 13.8.